The lowest BCUT2D eigenvalue weighted by Gasteiger charge is -2.25. The van der Waals surface area contributed by atoms with Crippen LogP contribution >= 0.6 is 0 Å². The molecule has 3 rings (SSSR count). The number of para-hydroxylation sites is 1. The third kappa shape index (κ3) is 3.99. The van der Waals surface area contributed by atoms with Gasteiger partial charge in [-0.3, -0.25) is 9.59 Å². The molecular weight excluding hydrogens is 362 g/mol. The molecule has 0 N–H and O–H groups in total. The summed E-state index contributed by atoms with van der Waals surface area (Å²) in [5, 5.41) is 0. The molecule has 2 amide bonds. The van der Waals surface area contributed by atoms with Gasteiger partial charge in [0.1, 0.15) is 0 Å². The lowest BCUT2D eigenvalue weighted by atomic mass is 9.92. The Labute approximate surface area is 173 Å². The van der Waals surface area contributed by atoms with Crippen LogP contribution < -0.4 is 4.90 Å². The molecule has 2 aromatic rings. The number of carbonyl (C=O) groups is 2. The zero-order valence-corrected chi connectivity index (χ0v) is 18.1. The number of hydrogen-bond acceptors (Lipinski definition) is 3. The van der Waals surface area contributed by atoms with E-state index in [1.165, 1.54) is 4.90 Å². The Morgan fingerprint density at radius 3 is 2.10 bits per heavy atom. The summed E-state index contributed by atoms with van der Waals surface area (Å²) in [5.74, 6) is -0.0835. The molecule has 0 fully saturated rings. The van der Waals surface area contributed by atoms with E-state index in [0.717, 1.165) is 35.2 Å². The van der Waals surface area contributed by atoms with Crippen LogP contribution in [0.25, 0.3) is 0 Å². The van der Waals surface area contributed by atoms with E-state index < -0.39 is 0 Å². The van der Waals surface area contributed by atoms with Crippen molar-refractivity contribution in [3.05, 3.63) is 64.2 Å². The van der Waals surface area contributed by atoms with Gasteiger partial charge in [-0.15, -0.1) is 0 Å². The van der Waals surface area contributed by atoms with E-state index in [2.05, 4.69) is 34.6 Å². The van der Waals surface area contributed by atoms with Crippen molar-refractivity contribution in [2.75, 3.05) is 11.5 Å². The van der Waals surface area contributed by atoms with E-state index in [-0.39, 0.29) is 23.7 Å². The first kappa shape index (κ1) is 21.3. The highest BCUT2D eigenvalue weighted by atomic mass is 16.5. The molecular formula is C25H31NO3. The number of rotatable bonds is 8. The molecule has 154 valence electrons. The molecule has 0 saturated heterocycles. The molecule has 1 aliphatic rings. The van der Waals surface area contributed by atoms with Crippen LogP contribution in [0.15, 0.2) is 36.4 Å². The van der Waals surface area contributed by atoms with Crippen LogP contribution in [-0.2, 0) is 11.3 Å². The Kier molecular flexibility index (Phi) is 6.53. The van der Waals surface area contributed by atoms with Crippen molar-refractivity contribution < 1.29 is 14.3 Å². The molecule has 4 heteroatoms. The van der Waals surface area contributed by atoms with E-state index in [0.29, 0.717) is 24.3 Å². The van der Waals surface area contributed by atoms with Crippen molar-refractivity contribution in [1.29, 1.82) is 0 Å². The third-order valence-electron chi connectivity index (χ3n) is 5.47. The summed E-state index contributed by atoms with van der Waals surface area (Å²) in [6.07, 6.45) is 2.04. The molecule has 1 heterocycles. The van der Waals surface area contributed by atoms with Gasteiger partial charge in [-0.2, -0.15) is 0 Å². The zero-order valence-electron chi connectivity index (χ0n) is 18.1. The van der Waals surface area contributed by atoms with Gasteiger partial charge in [0.05, 0.1) is 23.4 Å². The van der Waals surface area contributed by atoms with E-state index in [4.69, 9.17) is 4.74 Å². The van der Waals surface area contributed by atoms with Crippen molar-refractivity contribution in [3.8, 4) is 0 Å². The van der Waals surface area contributed by atoms with Crippen LogP contribution in [-0.4, -0.2) is 18.4 Å². The quantitative estimate of drug-likeness (QED) is 0.405. The van der Waals surface area contributed by atoms with E-state index in [9.17, 15) is 9.59 Å². The summed E-state index contributed by atoms with van der Waals surface area (Å²) in [5.41, 5.74) is 4.54. The molecule has 0 bridgehead atoms. The highest BCUT2D eigenvalue weighted by Gasteiger charge is 2.40. The summed E-state index contributed by atoms with van der Waals surface area (Å²) >= 11 is 0. The van der Waals surface area contributed by atoms with Crippen molar-refractivity contribution in [3.63, 3.8) is 0 Å². The predicted molar refractivity (Wildman–Crippen MR) is 117 cm³/mol. The van der Waals surface area contributed by atoms with Gasteiger partial charge in [0.2, 0.25) is 0 Å². The fourth-order valence-electron chi connectivity index (χ4n) is 3.88. The van der Waals surface area contributed by atoms with Crippen molar-refractivity contribution in [2.24, 2.45) is 0 Å². The van der Waals surface area contributed by atoms with Crippen molar-refractivity contribution in [1.82, 2.24) is 0 Å². The number of benzene rings is 2. The minimum absolute atomic E-state index is 0.199. The first-order valence-corrected chi connectivity index (χ1v) is 10.6. The lowest BCUT2D eigenvalue weighted by molar-refractivity contribution is 0.0921. The predicted octanol–water partition coefficient (Wildman–Crippen LogP) is 6.05. The van der Waals surface area contributed by atoms with Gasteiger partial charge >= 0.3 is 0 Å². The Balaban J connectivity index is 2.06. The standard InChI is InChI=1S/C25H31NO3/c1-6-7-14-29-15-18-10-8-13-21-22(18)25(28)26(24(21)27)23-19(16(2)3)11-9-12-20(23)17(4)5/h8-13,16-17H,6-7,14-15H2,1-5H3. The Hall–Kier alpha value is -2.46. The molecule has 29 heavy (non-hydrogen) atoms. The fraction of sp³-hybridized carbons (Fsp3) is 0.440. The van der Waals surface area contributed by atoms with Crippen LogP contribution in [0.3, 0.4) is 0 Å². The summed E-state index contributed by atoms with van der Waals surface area (Å²) < 4.78 is 5.75. The Bertz CT molecular complexity index is 888. The number of anilines is 1. The summed E-state index contributed by atoms with van der Waals surface area (Å²) in [7, 11) is 0. The Morgan fingerprint density at radius 1 is 0.897 bits per heavy atom. The first-order chi connectivity index (χ1) is 13.9. The molecule has 0 atom stereocenters. The van der Waals surface area contributed by atoms with E-state index >= 15 is 0 Å². The van der Waals surface area contributed by atoms with Crippen LogP contribution in [0.1, 0.15) is 96.7 Å². The molecule has 0 spiro atoms. The maximum atomic E-state index is 13.5. The Morgan fingerprint density at radius 2 is 1.52 bits per heavy atom. The number of unbranched alkanes of at least 4 members (excludes halogenated alkanes) is 1. The highest BCUT2D eigenvalue weighted by Crippen LogP contribution is 2.40. The van der Waals surface area contributed by atoms with Gasteiger partial charge in [-0.1, -0.05) is 71.4 Å². The molecule has 2 aromatic carbocycles. The minimum Gasteiger partial charge on any atom is -0.377 e. The number of amides is 2. The number of hydrogen-bond donors (Lipinski definition) is 0. The van der Waals surface area contributed by atoms with Gasteiger partial charge in [-0.05, 0) is 41.0 Å². The van der Waals surface area contributed by atoms with Crippen LogP contribution in [0.5, 0.6) is 0 Å². The highest BCUT2D eigenvalue weighted by molar-refractivity contribution is 6.35. The number of imide groups is 1. The monoisotopic (exact) mass is 393 g/mol. The van der Waals surface area contributed by atoms with Crippen LogP contribution in [0, 0.1) is 0 Å². The normalized spacial score (nSPS) is 13.7. The smallest absolute Gasteiger partial charge is 0.266 e. The van der Waals surface area contributed by atoms with Crippen molar-refractivity contribution >= 4 is 17.5 Å². The molecule has 0 aliphatic carbocycles. The minimum atomic E-state index is -0.241. The molecule has 4 nitrogen and oxygen atoms in total. The van der Waals surface area contributed by atoms with Crippen LogP contribution in [0.4, 0.5) is 5.69 Å². The largest absolute Gasteiger partial charge is 0.377 e. The van der Waals surface area contributed by atoms with Crippen molar-refractivity contribution in [2.45, 2.75) is 65.9 Å². The van der Waals surface area contributed by atoms with E-state index in [1.807, 2.05) is 30.3 Å². The summed E-state index contributed by atoms with van der Waals surface area (Å²) in [6.45, 7) is 11.5. The first-order valence-electron chi connectivity index (χ1n) is 10.6. The van der Waals surface area contributed by atoms with Gasteiger partial charge in [0.25, 0.3) is 11.8 Å². The average Bonchev–Trinajstić information content (AvgIpc) is 2.95. The maximum Gasteiger partial charge on any atom is 0.266 e. The molecule has 0 unspecified atom stereocenters. The molecule has 0 saturated carbocycles. The maximum absolute atomic E-state index is 13.5. The third-order valence-corrected chi connectivity index (χ3v) is 5.47. The van der Waals surface area contributed by atoms with Gasteiger partial charge < -0.3 is 4.74 Å². The second-order valence-electron chi connectivity index (χ2n) is 8.29. The second kappa shape index (κ2) is 8.91. The lowest BCUT2D eigenvalue weighted by Crippen LogP contribution is -2.32. The summed E-state index contributed by atoms with van der Waals surface area (Å²) in [6, 6.07) is 11.5. The number of carbonyl (C=O) groups excluding carboxylic acids is 2. The average molecular weight is 394 g/mol. The molecule has 0 aromatic heterocycles. The van der Waals surface area contributed by atoms with Gasteiger partial charge in [-0.25, -0.2) is 4.90 Å². The van der Waals surface area contributed by atoms with Crippen LogP contribution in [0.2, 0.25) is 0 Å². The SMILES string of the molecule is CCCCOCc1cccc2c1C(=O)N(c1c(C(C)C)cccc1C(C)C)C2=O. The molecule has 1 aliphatic heterocycles. The topological polar surface area (TPSA) is 46.6 Å². The number of fused-ring (bicyclic) bond motifs is 1. The van der Waals surface area contributed by atoms with Gasteiger partial charge in [0.15, 0.2) is 0 Å². The van der Waals surface area contributed by atoms with Gasteiger partial charge in [0, 0.05) is 6.61 Å². The molecule has 0 radical (unpaired) electrons. The van der Waals surface area contributed by atoms with E-state index in [1.54, 1.807) is 6.07 Å². The zero-order chi connectivity index (χ0) is 21.1. The summed E-state index contributed by atoms with van der Waals surface area (Å²) in [4.78, 5) is 28.3. The fourth-order valence-corrected chi connectivity index (χ4v) is 3.88. The number of ether oxygens (including phenoxy) is 1. The second-order valence-corrected chi connectivity index (χ2v) is 8.29. The number of nitrogens with zero attached hydrogens (tertiary/aromatic N) is 1.